The van der Waals surface area contributed by atoms with Crippen LogP contribution in [0.5, 0.6) is 0 Å². The first kappa shape index (κ1) is 23.3. The molecule has 2 amide bonds. The van der Waals surface area contributed by atoms with Gasteiger partial charge >= 0.3 is 0 Å². The van der Waals surface area contributed by atoms with Crippen LogP contribution in [-0.4, -0.2) is 75.8 Å². The average molecular weight is 425 g/mol. The molecule has 0 atom stereocenters. The third-order valence-electron chi connectivity index (χ3n) is 4.87. The van der Waals surface area contributed by atoms with E-state index in [1.807, 2.05) is 20.8 Å². The van der Waals surface area contributed by atoms with Gasteiger partial charge in [-0.3, -0.25) is 14.5 Å². The molecule has 0 bridgehead atoms. The van der Waals surface area contributed by atoms with Gasteiger partial charge in [-0.1, -0.05) is 6.92 Å². The van der Waals surface area contributed by atoms with E-state index in [-0.39, 0.29) is 35.8 Å². The molecule has 29 heavy (non-hydrogen) atoms. The lowest BCUT2D eigenvalue weighted by molar-refractivity contribution is -0.124. The normalized spacial score (nSPS) is 14.4. The molecule has 1 aliphatic rings. The summed E-state index contributed by atoms with van der Waals surface area (Å²) in [4.78, 5) is 28.7. The van der Waals surface area contributed by atoms with Gasteiger partial charge in [-0.25, -0.2) is 12.7 Å². The van der Waals surface area contributed by atoms with Crippen molar-refractivity contribution in [1.82, 2.24) is 14.5 Å². The van der Waals surface area contributed by atoms with Crippen molar-refractivity contribution in [3.63, 3.8) is 0 Å². The Kier molecular flexibility index (Phi) is 7.79. The maximum Gasteiger partial charge on any atom is 0.242 e. The second-order valence-corrected chi connectivity index (χ2v) is 9.90. The van der Waals surface area contributed by atoms with Crippen LogP contribution in [0.15, 0.2) is 23.1 Å². The lowest BCUT2D eigenvalue weighted by atomic mass is 10.0. The maximum atomic E-state index is 12.9. The monoisotopic (exact) mass is 424 g/mol. The summed E-state index contributed by atoms with van der Waals surface area (Å²) < 4.78 is 26.0. The molecule has 0 aliphatic carbocycles. The minimum absolute atomic E-state index is 0.0542. The summed E-state index contributed by atoms with van der Waals surface area (Å²) in [5, 5.41) is 2.84. The topological polar surface area (TPSA) is 90.0 Å². The summed E-state index contributed by atoms with van der Waals surface area (Å²) in [6.07, 6.45) is 1.49. The molecule has 0 saturated carbocycles. The largest absolute Gasteiger partial charge is 0.353 e. The fraction of sp³-hybridized carbons (Fsp3) is 0.600. The summed E-state index contributed by atoms with van der Waals surface area (Å²) in [6.45, 7) is 7.18. The fourth-order valence-electron chi connectivity index (χ4n) is 3.33. The zero-order valence-corrected chi connectivity index (χ0v) is 18.8. The van der Waals surface area contributed by atoms with Gasteiger partial charge in [0.25, 0.3) is 0 Å². The number of carbonyl (C=O) groups excluding carboxylic acids is 2. The first-order chi connectivity index (χ1) is 13.6. The summed E-state index contributed by atoms with van der Waals surface area (Å²) >= 11 is 0. The third-order valence-corrected chi connectivity index (χ3v) is 6.68. The van der Waals surface area contributed by atoms with Crippen LogP contribution in [0.25, 0.3) is 0 Å². The van der Waals surface area contributed by atoms with E-state index in [0.717, 1.165) is 24.1 Å². The van der Waals surface area contributed by atoms with E-state index < -0.39 is 10.0 Å². The first-order valence-electron chi connectivity index (χ1n) is 9.93. The van der Waals surface area contributed by atoms with Crippen LogP contribution < -0.4 is 10.2 Å². The maximum absolute atomic E-state index is 12.9. The smallest absolute Gasteiger partial charge is 0.242 e. The van der Waals surface area contributed by atoms with E-state index in [0.29, 0.717) is 13.1 Å². The van der Waals surface area contributed by atoms with Crippen LogP contribution in [0.3, 0.4) is 0 Å². The number of hydrogen-bond acceptors (Lipinski definition) is 5. The van der Waals surface area contributed by atoms with Gasteiger partial charge in [-0.2, -0.15) is 0 Å². The molecule has 9 heteroatoms. The van der Waals surface area contributed by atoms with Crippen LogP contribution in [0.1, 0.15) is 32.8 Å². The van der Waals surface area contributed by atoms with Crippen molar-refractivity contribution in [2.75, 3.05) is 45.2 Å². The minimum atomic E-state index is -3.52. The van der Waals surface area contributed by atoms with Crippen molar-refractivity contribution in [2.45, 2.75) is 44.6 Å². The molecule has 8 nitrogen and oxygen atoms in total. The molecule has 2 rings (SSSR count). The van der Waals surface area contributed by atoms with Gasteiger partial charge in [-0.15, -0.1) is 0 Å². The molecular formula is C20H32N4O4S. The Morgan fingerprint density at radius 1 is 1.21 bits per heavy atom. The van der Waals surface area contributed by atoms with Gasteiger partial charge in [0.1, 0.15) is 0 Å². The van der Waals surface area contributed by atoms with Crippen LogP contribution in [0.2, 0.25) is 0 Å². The Balaban J connectivity index is 2.16. The number of amides is 2. The lowest BCUT2D eigenvalue weighted by Gasteiger charge is -2.32. The van der Waals surface area contributed by atoms with Crippen molar-refractivity contribution in [3.05, 3.63) is 23.8 Å². The van der Waals surface area contributed by atoms with Gasteiger partial charge < -0.3 is 10.2 Å². The van der Waals surface area contributed by atoms with Gasteiger partial charge in [0, 0.05) is 32.4 Å². The SMILES string of the molecule is CCN(CC(=O)NC(C)C)CC(=O)N1CCCc2cc(S(=O)(=O)N(C)C)ccc21. The molecule has 1 N–H and O–H groups in total. The highest BCUT2D eigenvalue weighted by molar-refractivity contribution is 7.89. The number of sulfonamides is 1. The van der Waals surface area contributed by atoms with Crippen molar-refractivity contribution >= 4 is 27.5 Å². The Hall–Kier alpha value is -1.97. The van der Waals surface area contributed by atoms with Crippen LogP contribution in [0.4, 0.5) is 5.69 Å². The number of aryl methyl sites for hydroxylation is 1. The number of rotatable bonds is 8. The molecule has 0 spiro atoms. The molecule has 1 aromatic carbocycles. The number of carbonyl (C=O) groups is 2. The Morgan fingerprint density at radius 3 is 2.48 bits per heavy atom. The molecule has 0 fully saturated rings. The van der Waals surface area contributed by atoms with E-state index in [1.165, 1.54) is 18.4 Å². The number of likely N-dealkylation sites (N-methyl/N-ethyl adjacent to an activating group) is 1. The van der Waals surface area contributed by atoms with Crippen LogP contribution in [-0.2, 0) is 26.0 Å². The Labute approximate surface area is 173 Å². The van der Waals surface area contributed by atoms with Crippen LogP contribution in [0, 0.1) is 0 Å². The van der Waals surface area contributed by atoms with E-state index in [2.05, 4.69) is 5.32 Å². The molecule has 0 radical (unpaired) electrons. The van der Waals surface area contributed by atoms with Crippen molar-refractivity contribution in [3.8, 4) is 0 Å². The molecule has 0 aromatic heterocycles. The number of fused-ring (bicyclic) bond motifs is 1. The number of benzene rings is 1. The van der Waals surface area contributed by atoms with Crippen molar-refractivity contribution in [1.29, 1.82) is 0 Å². The zero-order valence-electron chi connectivity index (χ0n) is 17.9. The van der Waals surface area contributed by atoms with Crippen molar-refractivity contribution in [2.24, 2.45) is 0 Å². The highest BCUT2D eigenvalue weighted by atomic mass is 32.2. The predicted molar refractivity (Wildman–Crippen MR) is 113 cm³/mol. The predicted octanol–water partition coefficient (Wildman–Crippen LogP) is 1.06. The first-order valence-corrected chi connectivity index (χ1v) is 11.4. The molecule has 1 heterocycles. The number of anilines is 1. The van der Waals surface area contributed by atoms with Gasteiger partial charge in [0.15, 0.2) is 0 Å². The van der Waals surface area contributed by atoms with Crippen molar-refractivity contribution < 1.29 is 18.0 Å². The molecule has 162 valence electrons. The van der Waals surface area contributed by atoms with Gasteiger partial charge in [-0.05, 0) is 57.0 Å². The second-order valence-electron chi connectivity index (χ2n) is 7.75. The standard InChI is InChI=1S/C20H32N4O4S/c1-6-23(13-19(25)21-15(2)3)14-20(26)24-11-7-8-16-12-17(9-10-18(16)24)29(27,28)22(4)5/h9-10,12,15H,6-8,11,13-14H2,1-5H3,(H,21,25). The summed E-state index contributed by atoms with van der Waals surface area (Å²) in [5.41, 5.74) is 1.61. The molecule has 1 aliphatic heterocycles. The number of nitrogens with zero attached hydrogens (tertiary/aromatic N) is 3. The van der Waals surface area contributed by atoms with E-state index in [9.17, 15) is 18.0 Å². The van der Waals surface area contributed by atoms with E-state index in [1.54, 1.807) is 28.0 Å². The summed E-state index contributed by atoms with van der Waals surface area (Å²) in [7, 11) is -0.519. The quantitative estimate of drug-likeness (QED) is 0.674. The molecular weight excluding hydrogens is 392 g/mol. The minimum Gasteiger partial charge on any atom is -0.353 e. The van der Waals surface area contributed by atoms with Gasteiger partial charge in [0.2, 0.25) is 21.8 Å². The summed E-state index contributed by atoms with van der Waals surface area (Å²) in [5.74, 6) is -0.194. The fourth-order valence-corrected chi connectivity index (χ4v) is 4.28. The third kappa shape index (κ3) is 5.77. The molecule has 0 saturated heterocycles. The van der Waals surface area contributed by atoms with E-state index >= 15 is 0 Å². The van der Waals surface area contributed by atoms with Crippen LogP contribution >= 0.6 is 0 Å². The number of hydrogen-bond donors (Lipinski definition) is 1. The molecule has 1 aromatic rings. The summed E-state index contributed by atoms with van der Waals surface area (Å²) in [6, 6.07) is 4.98. The van der Waals surface area contributed by atoms with Gasteiger partial charge in [0.05, 0.1) is 18.0 Å². The highest BCUT2D eigenvalue weighted by Crippen LogP contribution is 2.30. The molecule has 0 unspecified atom stereocenters. The van der Waals surface area contributed by atoms with E-state index in [4.69, 9.17) is 0 Å². The lowest BCUT2D eigenvalue weighted by Crippen LogP contribution is -2.46. The average Bonchev–Trinajstić information content (AvgIpc) is 2.65. The Bertz CT molecular complexity index is 852. The Morgan fingerprint density at radius 2 is 1.90 bits per heavy atom. The highest BCUT2D eigenvalue weighted by Gasteiger charge is 2.26. The number of nitrogens with one attached hydrogen (secondary N) is 1. The zero-order chi connectivity index (χ0) is 21.8. The second kappa shape index (κ2) is 9.69.